The fraction of sp³-hybridized carbons (Fsp3) is 0.625. The van der Waals surface area contributed by atoms with Crippen LogP contribution in [0.15, 0.2) is 18.2 Å². The minimum Gasteiger partial charge on any atom is -0.497 e. The maximum absolute atomic E-state index is 6.13. The quantitative estimate of drug-likeness (QED) is 0.862. The molecule has 4 heteroatoms. The molecule has 1 aliphatic heterocycles. The molecule has 0 radical (unpaired) electrons. The summed E-state index contributed by atoms with van der Waals surface area (Å²) in [5.74, 6) is 1.50. The first-order chi connectivity index (χ1) is 9.71. The lowest BCUT2D eigenvalue weighted by Crippen LogP contribution is -2.41. The van der Waals surface area contributed by atoms with E-state index in [4.69, 9.17) is 19.9 Å². The highest BCUT2D eigenvalue weighted by Crippen LogP contribution is 2.41. The molecule has 0 amide bonds. The molecule has 0 aromatic heterocycles. The molecule has 1 unspecified atom stereocenters. The van der Waals surface area contributed by atoms with Crippen LogP contribution in [0.3, 0.4) is 0 Å². The number of nitrogens with two attached hydrogens (primary N) is 1. The van der Waals surface area contributed by atoms with Crippen LogP contribution in [-0.2, 0) is 4.74 Å². The van der Waals surface area contributed by atoms with Crippen molar-refractivity contribution in [3.05, 3.63) is 18.2 Å². The molecular formula is C16H23NO3. The largest absolute Gasteiger partial charge is 0.497 e. The van der Waals surface area contributed by atoms with Crippen LogP contribution in [0.1, 0.15) is 38.5 Å². The zero-order chi connectivity index (χ0) is 14.0. The van der Waals surface area contributed by atoms with E-state index in [1.807, 2.05) is 18.2 Å². The molecule has 1 spiro atoms. The first kappa shape index (κ1) is 13.6. The van der Waals surface area contributed by atoms with Gasteiger partial charge in [0.2, 0.25) is 0 Å². The van der Waals surface area contributed by atoms with E-state index in [0.717, 1.165) is 30.9 Å². The van der Waals surface area contributed by atoms with E-state index in [1.165, 1.54) is 25.7 Å². The standard InChI is InChI=1S/C16H23NO3/c1-18-12-4-5-14(17)15(10-12)20-13-6-9-19-16(11-13)7-2-3-8-16/h4-5,10,13H,2-3,6-9,11,17H2,1H3. The highest BCUT2D eigenvalue weighted by Gasteiger charge is 2.40. The van der Waals surface area contributed by atoms with Crippen molar-refractivity contribution in [2.75, 3.05) is 19.5 Å². The summed E-state index contributed by atoms with van der Waals surface area (Å²) in [7, 11) is 1.65. The molecule has 1 aliphatic carbocycles. The predicted molar refractivity (Wildman–Crippen MR) is 78.2 cm³/mol. The lowest BCUT2D eigenvalue weighted by atomic mass is 9.90. The number of nitrogen functional groups attached to an aromatic ring is 1. The first-order valence-corrected chi connectivity index (χ1v) is 7.45. The van der Waals surface area contributed by atoms with E-state index < -0.39 is 0 Å². The minimum absolute atomic E-state index is 0.0660. The van der Waals surface area contributed by atoms with Gasteiger partial charge < -0.3 is 19.9 Å². The van der Waals surface area contributed by atoms with Crippen molar-refractivity contribution in [1.82, 2.24) is 0 Å². The van der Waals surface area contributed by atoms with Gasteiger partial charge in [-0.3, -0.25) is 0 Å². The summed E-state index contributed by atoms with van der Waals surface area (Å²) < 4.78 is 17.4. The van der Waals surface area contributed by atoms with Crippen molar-refractivity contribution in [3.8, 4) is 11.5 Å². The molecular weight excluding hydrogens is 254 g/mol. The van der Waals surface area contributed by atoms with E-state index in [2.05, 4.69) is 0 Å². The Morgan fingerprint density at radius 1 is 1.30 bits per heavy atom. The SMILES string of the molecule is COc1ccc(N)c(OC2CCOC3(CCCC3)C2)c1. The van der Waals surface area contributed by atoms with Gasteiger partial charge in [0.15, 0.2) is 0 Å². The van der Waals surface area contributed by atoms with Crippen molar-refractivity contribution < 1.29 is 14.2 Å². The van der Waals surface area contributed by atoms with Gasteiger partial charge in [-0.05, 0) is 25.0 Å². The Balaban J connectivity index is 1.71. The van der Waals surface area contributed by atoms with Crippen LogP contribution >= 0.6 is 0 Å². The van der Waals surface area contributed by atoms with Gasteiger partial charge in [-0.2, -0.15) is 0 Å². The molecule has 110 valence electrons. The van der Waals surface area contributed by atoms with Gasteiger partial charge in [0, 0.05) is 18.9 Å². The van der Waals surface area contributed by atoms with E-state index in [0.29, 0.717) is 5.69 Å². The molecule has 3 rings (SSSR count). The van der Waals surface area contributed by atoms with Crippen LogP contribution in [0.5, 0.6) is 11.5 Å². The Labute approximate surface area is 120 Å². The van der Waals surface area contributed by atoms with Crippen LogP contribution in [0.2, 0.25) is 0 Å². The molecule has 4 nitrogen and oxygen atoms in total. The number of benzene rings is 1. The molecule has 1 atom stereocenters. The lowest BCUT2D eigenvalue weighted by molar-refractivity contribution is -0.108. The van der Waals surface area contributed by atoms with Gasteiger partial charge in [-0.25, -0.2) is 0 Å². The normalized spacial score (nSPS) is 24.8. The summed E-state index contributed by atoms with van der Waals surface area (Å²) in [5, 5.41) is 0. The highest BCUT2D eigenvalue weighted by molar-refractivity contribution is 5.55. The summed E-state index contributed by atoms with van der Waals surface area (Å²) in [5.41, 5.74) is 6.73. The van der Waals surface area contributed by atoms with Crippen molar-refractivity contribution in [1.29, 1.82) is 0 Å². The number of rotatable bonds is 3. The van der Waals surface area contributed by atoms with E-state index in [-0.39, 0.29) is 11.7 Å². The van der Waals surface area contributed by atoms with Gasteiger partial charge in [-0.15, -0.1) is 0 Å². The Kier molecular flexibility index (Phi) is 3.74. The minimum atomic E-state index is 0.0660. The van der Waals surface area contributed by atoms with E-state index >= 15 is 0 Å². The van der Waals surface area contributed by atoms with Crippen LogP contribution in [0.25, 0.3) is 0 Å². The van der Waals surface area contributed by atoms with E-state index in [9.17, 15) is 0 Å². The molecule has 1 aromatic carbocycles. The average Bonchev–Trinajstić information content (AvgIpc) is 2.89. The second-order valence-electron chi connectivity index (χ2n) is 5.87. The van der Waals surface area contributed by atoms with Gasteiger partial charge >= 0.3 is 0 Å². The summed E-state index contributed by atoms with van der Waals surface area (Å²) in [4.78, 5) is 0. The fourth-order valence-corrected chi connectivity index (χ4v) is 3.37. The lowest BCUT2D eigenvalue weighted by Gasteiger charge is -2.38. The monoisotopic (exact) mass is 277 g/mol. The van der Waals surface area contributed by atoms with Crippen LogP contribution in [-0.4, -0.2) is 25.4 Å². The van der Waals surface area contributed by atoms with Crippen LogP contribution in [0.4, 0.5) is 5.69 Å². The maximum atomic E-state index is 6.13. The molecule has 2 aliphatic rings. The van der Waals surface area contributed by atoms with Gasteiger partial charge in [-0.1, -0.05) is 12.8 Å². The second-order valence-corrected chi connectivity index (χ2v) is 5.87. The molecule has 2 N–H and O–H groups in total. The highest BCUT2D eigenvalue weighted by atomic mass is 16.5. The fourth-order valence-electron chi connectivity index (χ4n) is 3.37. The van der Waals surface area contributed by atoms with Gasteiger partial charge in [0.25, 0.3) is 0 Å². The predicted octanol–water partition coefficient (Wildman–Crippen LogP) is 3.15. The number of ether oxygens (including phenoxy) is 3. The van der Waals surface area contributed by atoms with Crippen LogP contribution in [0, 0.1) is 0 Å². The van der Waals surface area contributed by atoms with Crippen molar-refractivity contribution >= 4 is 5.69 Å². The van der Waals surface area contributed by atoms with Crippen molar-refractivity contribution in [2.45, 2.75) is 50.2 Å². The summed E-state index contributed by atoms with van der Waals surface area (Å²) in [6, 6.07) is 5.55. The maximum Gasteiger partial charge on any atom is 0.146 e. The smallest absolute Gasteiger partial charge is 0.146 e. The third-order valence-electron chi connectivity index (χ3n) is 4.48. The molecule has 1 saturated heterocycles. The molecule has 1 aromatic rings. The summed E-state index contributed by atoms with van der Waals surface area (Å²) in [6.07, 6.45) is 6.97. The van der Waals surface area contributed by atoms with Gasteiger partial charge in [0.05, 0.1) is 25.0 Å². The second kappa shape index (κ2) is 5.52. The average molecular weight is 277 g/mol. The van der Waals surface area contributed by atoms with E-state index in [1.54, 1.807) is 7.11 Å². The Hall–Kier alpha value is -1.42. The molecule has 1 heterocycles. The Morgan fingerprint density at radius 3 is 2.85 bits per heavy atom. The summed E-state index contributed by atoms with van der Waals surface area (Å²) >= 11 is 0. The number of hydrogen-bond donors (Lipinski definition) is 1. The first-order valence-electron chi connectivity index (χ1n) is 7.45. The third-order valence-corrected chi connectivity index (χ3v) is 4.48. The molecule has 1 saturated carbocycles. The topological polar surface area (TPSA) is 53.7 Å². The van der Waals surface area contributed by atoms with Crippen molar-refractivity contribution in [2.24, 2.45) is 0 Å². The van der Waals surface area contributed by atoms with Gasteiger partial charge in [0.1, 0.15) is 17.6 Å². The van der Waals surface area contributed by atoms with Crippen molar-refractivity contribution in [3.63, 3.8) is 0 Å². The third kappa shape index (κ3) is 2.70. The number of hydrogen-bond acceptors (Lipinski definition) is 4. The number of methoxy groups -OCH3 is 1. The molecule has 0 bridgehead atoms. The number of anilines is 1. The zero-order valence-corrected chi connectivity index (χ0v) is 12.1. The zero-order valence-electron chi connectivity index (χ0n) is 12.1. The Morgan fingerprint density at radius 2 is 2.10 bits per heavy atom. The van der Waals surface area contributed by atoms with Crippen LogP contribution < -0.4 is 15.2 Å². The molecule has 20 heavy (non-hydrogen) atoms. The molecule has 2 fully saturated rings. The summed E-state index contributed by atoms with van der Waals surface area (Å²) in [6.45, 7) is 0.786. The Bertz CT molecular complexity index is 469.